The van der Waals surface area contributed by atoms with Gasteiger partial charge in [-0.3, -0.25) is 4.79 Å². The molecule has 1 aliphatic heterocycles. The van der Waals surface area contributed by atoms with E-state index in [1.165, 1.54) is 13.3 Å². The molecule has 4 rings (SSSR count). The maximum atomic E-state index is 13.0. The monoisotopic (exact) mass is 436 g/mol. The average Bonchev–Trinajstić information content (AvgIpc) is 3.41. The quantitative estimate of drug-likeness (QED) is 0.609. The lowest BCUT2D eigenvalue weighted by Gasteiger charge is -2.31. The van der Waals surface area contributed by atoms with Crippen LogP contribution in [0.1, 0.15) is 39.8 Å². The fraction of sp³-hybridized carbons (Fsp3) is 0.350. The van der Waals surface area contributed by atoms with Crippen molar-refractivity contribution in [2.45, 2.75) is 24.9 Å². The zero-order chi connectivity index (χ0) is 21.3. The van der Waals surface area contributed by atoms with Crippen molar-refractivity contribution >= 4 is 17.2 Å². The molecular weight excluding hydrogens is 417 g/mol. The molecule has 0 aliphatic carbocycles. The van der Waals surface area contributed by atoms with Gasteiger partial charge in [-0.25, -0.2) is 9.67 Å². The molecule has 0 bridgehead atoms. The van der Waals surface area contributed by atoms with Crippen molar-refractivity contribution in [3.8, 4) is 11.6 Å². The third kappa shape index (κ3) is 3.91. The van der Waals surface area contributed by atoms with Crippen LogP contribution >= 0.6 is 11.3 Å². The van der Waals surface area contributed by atoms with Crippen LogP contribution in [0.25, 0.3) is 5.69 Å². The Labute approximate surface area is 174 Å². The number of halogens is 3. The number of para-hydroxylation sites is 1. The molecular formula is C20H19F3N4O2S. The Hall–Kier alpha value is -2.88. The molecule has 158 valence electrons. The van der Waals surface area contributed by atoms with Gasteiger partial charge in [0, 0.05) is 24.4 Å². The molecule has 1 saturated heterocycles. The minimum Gasteiger partial charge on any atom is -0.480 e. The standard InChI is InChI=1S/C20H19F3N4O2S/c1-29-19-15(11-24-27(19)14-5-3-2-4-6-14)18(28)26-9-7-13(8-10-26)17-25-16(12-30-17)20(21,22)23/h2-6,11-13H,7-10H2,1H3. The number of thiazole rings is 1. The summed E-state index contributed by atoms with van der Waals surface area (Å²) in [5.74, 6) is 0.0646. The molecule has 6 nitrogen and oxygen atoms in total. The van der Waals surface area contributed by atoms with Crippen LogP contribution in [-0.4, -0.2) is 45.8 Å². The molecule has 1 amide bonds. The highest BCUT2D eigenvalue weighted by Crippen LogP contribution is 2.36. The summed E-state index contributed by atoms with van der Waals surface area (Å²) in [7, 11) is 1.49. The van der Waals surface area contributed by atoms with Gasteiger partial charge in [0.05, 0.1) is 24.0 Å². The highest BCUT2D eigenvalue weighted by Gasteiger charge is 2.35. The molecule has 1 aromatic carbocycles. The smallest absolute Gasteiger partial charge is 0.434 e. The normalized spacial score (nSPS) is 15.4. The van der Waals surface area contributed by atoms with Gasteiger partial charge in [-0.15, -0.1) is 11.3 Å². The number of rotatable bonds is 4. The predicted octanol–water partition coefficient (Wildman–Crippen LogP) is 4.38. The SMILES string of the molecule is COc1c(C(=O)N2CCC(c3nc(C(F)(F)F)cs3)CC2)cnn1-c1ccccc1. The average molecular weight is 436 g/mol. The molecule has 1 aliphatic rings. The number of piperidine rings is 1. The lowest BCUT2D eigenvalue weighted by Crippen LogP contribution is -2.38. The molecule has 3 heterocycles. The largest absolute Gasteiger partial charge is 0.480 e. The van der Waals surface area contributed by atoms with Crippen molar-refractivity contribution in [3.05, 3.63) is 58.2 Å². The fourth-order valence-electron chi connectivity index (χ4n) is 3.54. The number of benzene rings is 1. The van der Waals surface area contributed by atoms with Crippen molar-refractivity contribution < 1.29 is 22.7 Å². The zero-order valence-corrected chi connectivity index (χ0v) is 16.9. The van der Waals surface area contributed by atoms with Crippen LogP contribution in [0.15, 0.2) is 41.9 Å². The highest BCUT2D eigenvalue weighted by molar-refractivity contribution is 7.09. The Balaban J connectivity index is 1.46. The first kappa shape index (κ1) is 20.4. The second-order valence-electron chi connectivity index (χ2n) is 6.95. The number of aromatic nitrogens is 3. The summed E-state index contributed by atoms with van der Waals surface area (Å²) in [6, 6.07) is 9.34. The molecule has 0 radical (unpaired) electrons. The van der Waals surface area contributed by atoms with Crippen molar-refractivity contribution in [1.29, 1.82) is 0 Å². The predicted molar refractivity (Wildman–Crippen MR) is 105 cm³/mol. The maximum Gasteiger partial charge on any atom is 0.434 e. The molecule has 0 atom stereocenters. The zero-order valence-electron chi connectivity index (χ0n) is 16.1. The summed E-state index contributed by atoms with van der Waals surface area (Å²) in [5.41, 5.74) is 0.281. The van der Waals surface area contributed by atoms with Crippen LogP contribution in [-0.2, 0) is 6.18 Å². The number of amides is 1. The Bertz CT molecular complexity index is 1020. The van der Waals surface area contributed by atoms with Crippen molar-refractivity contribution in [3.63, 3.8) is 0 Å². The van der Waals surface area contributed by atoms with Crippen molar-refractivity contribution in [2.24, 2.45) is 0 Å². The van der Waals surface area contributed by atoms with E-state index < -0.39 is 11.9 Å². The summed E-state index contributed by atoms with van der Waals surface area (Å²) >= 11 is 1.03. The lowest BCUT2D eigenvalue weighted by atomic mass is 9.97. The van der Waals surface area contributed by atoms with Gasteiger partial charge in [-0.05, 0) is 25.0 Å². The second-order valence-corrected chi connectivity index (χ2v) is 7.84. The number of carbonyl (C=O) groups is 1. The molecule has 1 fully saturated rings. The number of ether oxygens (including phenoxy) is 1. The topological polar surface area (TPSA) is 60.2 Å². The summed E-state index contributed by atoms with van der Waals surface area (Å²) in [6.07, 6.45) is -1.82. The van der Waals surface area contributed by atoms with E-state index in [1.807, 2.05) is 30.3 Å². The van der Waals surface area contributed by atoms with Gasteiger partial charge >= 0.3 is 6.18 Å². The number of carbonyl (C=O) groups excluding carboxylic acids is 1. The molecule has 2 aromatic heterocycles. The van der Waals surface area contributed by atoms with E-state index in [1.54, 1.807) is 9.58 Å². The maximum absolute atomic E-state index is 13.0. The lowest BCUT2D eigenvalue weighted by molar-refractivity contribution is -0.140. The number of hydrogen-bond donors (Lipinski definition) is 0. The fourth-order valence-corrected chi connectivity index (χ4v) is 4.54. The van der Waals surface area contributed by atoms with Crippen molar-refractivity contribution in [2.75, 3.05) is 20.2 Å². The molecule has 0 unspecified atom stereocenters. The van der Waals surface area contributed by atoms with Crippen LogP contribution < -0.4 is 4.74 Å². The van der Waals surface area contributed by atoms with Crippen LogP contribution in [0.5, 0.6) is 5.88 Å². The number of methoxy groups -OCH3 is 1. The number of nitrogens with zero attached hydrogens (tertiary/aromatic N) is 4. The Morgan fingerprint density at radius 1 is 1.20 bits per heavy atom. The molecule has 0 spiro atoms. The van der Waals surface area contributed by atoms with Crippen molar-refractivity contribution in [1.82, 2.24) is 19.7 Å². The second kappa shape index (κ2) is 8.10. The summed E-state index contributed by atoms with van der Waals surface area (Å²) in [4.78, 5) is 18.5. The van der Waals surface area contributed by atoms with E-state index >= 15 is 0 Å². The van der Waals surface area contributed by atoms with E-state index in [-0.39, 0.29) is 11.8 Å². The third-order valence-corrected chi connectivity index (χ3v) is 6.10. The first-order valence-electron chi connectivity index (χ1n) is 9.38. The van der Waals surface area contributed by atoms with Crippen LogP contribution in [0.4, 0.5) is 13.2 Å². The van der Waals surface area contributed by atoms with E-state index in [4.69, 9.17) is 4.74 Å². The van der Waals surface area contributed by atoms with Gasteiger partial charge in [-0.1, -0.05) is 18.2 Å². The summed E-state index contributed by atoms with van der Waals surface area (Å²) in [6.45, 7) is 0.869. The van der Waals surface area contributed by atoms with Crippen LogP contribution in [0.3, 0.4) is 0 Å². The van der Waals surface area contributed by atoms with Gasteiger partial charge < -0.3 is 9.64 Å². The molecule has 0 N–H and O–H groups in total. The summed E-state index contributed by atoms with van der Waals surface area (Å²) in [5, 5.41) is 5.82. The van der Waals surface area contributed by atoms with Gasteiger partial charge in [0.25, 0.3) is 5.91 Å². The third-order valence-electron chi connectivity index (χ3n) is 5.09. The first-order chi connectivity index (χ1) is 14.4. The molecule has 3 aromatic rings. The van der Waals surface area contributed by atoms with Crippen LogP contribution in [0.2, 0.25) is 0 Å². The Morgan fingerprint density at radius 2 is 1.90 bits per heavy atom. The first-order valence-corrected chi connectivity index (χ1v) is 10.3. The molecule has 0 saturated carbocycles. The number of likely N-dealkylation sites (tertiary alicyclic amines) is 1. The van der Waals surface area contributed by atoms with E-state index in [0.717, 1.165) is 22.4 Å². The molecule has 30 heavy (non-hydrogen) atoms. The van der Waals surface area contributed by atoms with E-state index in [9.17, 15) is 18.0 Å². The van der Waals surface area contributed by atoms with Gasteiger partial charge in [0.2, 0.25) is 5.88 Å². The van der Waals surface area contributed by atoms with E-state index in [0.29, 0.717) is 42.4 Å². The van der Waals surface area contributed by atoms with Gasteiger partial charge in [0.1, 0.15) is 5.56 Å². The minimum atomic E-state index is -4.43. The van der Waals surface area contributed by atoms with E-state index in [2.05, 4.69) is 10.1 Å². The Morgan fingerprint density at radius 3 is 2.50 bits per heavy atom. The van der Waals surface area contributed by atoms with Gasteiger partial charge in [-0.2, -0.15) is 18.3 Å². The number of hydrogen-bond acceptors (Lipinski definition) is 5. The highest BCUT2D eigenvalue weighted by atomic mass is 32.1. The van der Waals surface area contributed by atoms with Gasteiger partial charge in [0.15, 0.2) is 5.69 Å². The van der Waals surface area contributed by atoms with Crippen LogP contribution in [0, 0.1) is 0 Å². The summed E-state index contributed by atoms with van der Waals surface area (Å²) < 4.78 is 45.4. The Kier molecular flexibility index (Phi) is 5.50. The molecule has 10 heteroatoms. The number of alkyl halides is 3. The minimum absolute atomic E-state index is 0.0795.